The second kappa shape index (κ2) is 26.1. The number of benzene rings is 3. The highest BCUT2D eigenvalue weighted by molar-refractivity contribution is 6.74. The first-order valence-electron chi connectivity index (χ1n) is 23.9. The second-order valence-corrected chi connectivity index (χ2v) is 31.4. The molecular formula is C54H85NO11Si2. The summed E-state index contributed by atoms with van der Waals surface area (Å²) in [6.45, 7) is 33.3. The summed E-state index contributed by atoms with van der Waals surface area (Å²) in [5.41, 5.74) is 2.20. The Balaban J connectivity index is 0.000000479. The van der Waals surface area contributed by atoms with Gasteiger partial charge in [0.05, 0.1) is 30.3 Å². The molecule has 0 saturated carbocycles. The van der Waals surface area contributed by atoms with Gasteiger partial charge >= 0.3 is 18.0 Å². The van der Waals surface area contributed by atoms with Crippen LogP contribution in [0.15, 0.2) is 91.0 Å². The molecule has 0 unspecified atom stereocenters. The highest BCUT2D eigenvalue weighted by atomic mass is 28.4. The Bertz CT molecular complexity index is 1990. The number of esters is 2. The quantitative estimate of drug-likeness (QED) is 0.0595. The highest BCUT2D eigenvalue weighted by Gasteiger charge is 2.46. The Morgan fingerprint density at radius 2 is 1.01 bits per heavy atom. The van der Waals surface area contributed by atoms with Crippen molar-refractivity contribution in [2.75, 3.05) is 7.11 Å². The topological polar surface area (TPSA) is 156 Å². The first kappa shape index (κ1) is 59.9. The zero-order valence-corrected chi connectivity index (χ0v) is 46.4. The monoisotopic (exact) mass is 980 g/mol. The lowest BCUT2D eigenvalue weighted by atomic mass is 9.88. The molecule has 0 aliphatic carbocycles. The molecule has 0 radical (unpaired) electrons. The van der Waals surface area contributed by atoms with E-state index < -0.39 is 82.7 Å². The van der Waals surface area contributed by atoms with Crippen LogP contribution in [0.5, 0.6) is 0 Å². The van der Waals surface area contributed by atoms with Gasteiger partial charge in [-0.25, -0.2) is 9.59 Å². The standard InChI is InChI=1S/C29H49NO7Si.C25H36O4Si/c1-19(31)23(18-22-16-14-13-15-17-22)25(37-38(11,12)29(7,8)9)21(3)35-26(32)24(20(2)34-10)30-27(33)36-28(4,5)6;1-19(26)23(29-30(5,6)25(2,3)4)22(17-20-13-9-7-10-14-20)24(27)28-18-21-15-11-8-12-16-21/h13-17,20-21,23-25H,18H2,1-12H3,(H,30,33);7-16,19,22-23,26H,17-18H2,1-6H3/t20-,21-,23-,24-,25-;19-,22+,23-/m00/s1. The van der Waals surface area contributed by atoms with Crippen LogP contribution in [-0.4, -0.2) is 94.8 Å². The third kappa shape index (κ3) is 19.7. The summed E-state index contributed by atoms with van der Waals surface area (Å²) in [6, 6.07) is 28.1. The van der Waals surface area contributed by atoms with Crippen LogP contribution in [0.25, 0.3) is 0 Å². The molecule has 2 N–H and O–H groups in total. The lowest BCUT2D eigenvalue weighted by Crippen LogP contribution is -2.54. The van der Waals surface area contributed by atoms with E-state index in [4.69, 9.17) is 27.8 Å². The molecule has 12 nitrogen and oxygen atoms in total. The number of carbonyl (C=O) groups is 4. The molecule has 14 heteroatoms. The van der Waals surface area contributed by atoms with Gasteiger partial charge in [-0.1, -0.05) is 133 Å². The number of rotatable bonds is 21. The lowest BCUT2D eigenvalue weighted by Gasteiger charge is -2.43. The van der Waals surface area contributed by atoms with Crippen LogP contribution in [0.2, 0.25) is 36.3 Å². The average molecular weight is 980 g/mol. The number of amides is 1. The van der Waals surface area contributed by atoms with Gasteiger partial charge in [-0.15, -0.1) is 0 Å². The number of hydrogen-bond acceptors (Lipinski definition) is 11. The van der Waals surface area contributed by atoms with E-state index in [1.807, 2.05) is 91.0 Å². The van der Waals surface area contributed by atoms with Crippen LogP contribution < -0.4 is 5.32 Å². The van der Waals surface area contributed by atoms with Crippen LogP contribution in [0.4, 0.5) is 4.79 Å². The van der Waals surface area contributed by atoms with Crippen molar-refractivity contribution in [1.29, 1.82) is 0 Å². The molecule has 3 aromatic carbocycles. The van der Waals surface area contributed by atoms with Gasteiger partial charge in [-0.2, -0.15) is 0 Å². The molecule has 0 heterocycles. The zero-order valence-electron chi connectivity index (χ0n) is 44.4. The maximum absolute atomic E-state index is 13.4. The fourth-order valence-corrected chi connectivity index (χ4v) is 9.50. The third-order valence-corrected chi connectivity index (χ3v) is 21.9. The summed E-state index contributed by atoms with van der Waals surface area (Å²) in [5.74, 6) is -2.21. The van der Waals surface area contributed by atoms with Gasteiger partial charge in [0.15, 0.2) is 22.7 Å². The van der Waals surface area contributed by atoms with E-state index in [2.05, 4.69) is 73.0 Å². The maximum Gasteiger partial charge on any atom is 0.408 e. The molecular weight excluding hydrogens is 895 g/mol. The zero-order chi connectivity index (χ0) is 51.8. The van der Waals surface area contributed by atoms with Crippen molar-refractivity contribution in [3.8, 4) is 0 Å². The first-order valence-corrected chi connectivity index (χ1v) is 29.7. The SMILES string of the molecule is CO[C@@H](C)[C@H](NC(=O)OC(C)(C)C)C(=O)O[C@@H](C)[C@H](O[Si](C)(C)C(C)(C)C)[C@@H](Cc1ccccc1)C(C)=O.C[C@H](O)[C@H](O[Si](C)(C)C(C)(C)C)[C@@H](Cc1ccccc1)C(=O)OCc1ccccc1. The number of hydrogen-bond donors (Lipinski definition) is 2. The van der Waals surface area contributed by atoms with Crippen molar-refractivity contribution in [3.63, 3.8) is 0 Å². The predicted octanol–water partition coefficient (Wildman–Crippen LogP) is 11.0. The number of carbonyl (C=O) groups excluding carboxylic acids is 4. The minimum atomic E-state index is -2.37. The molecule has 3 aromatic rings. The van der Waals surface area contributed by atoms with Crippen molar-refractivity contribution < 1.29 is 52.1 Å². The van der Waals surface area contributed by atoms with E-state index >= 15 is 0 Å². The molecule has 0 fully saturated rings. The van der Waals surface area contributed by atoms with Crippen LogP contribution in [0.3, 0.4) is 0 Å². The Labute approximate surface area is 410 Å². The fraction of sp³-hybridized carbons (Fsp3) is 0.593. The Morgan fingerprint density at radius 1 is 0.603 bits per heavy atom. The minimum absolute atomic E-state index is 0.0363. The summed E-state index contributed by atoms with van der Waals surface area (Å²) in [4.78, 5) is 52.0. The summed E-state index contributed by atoms with van der Waals surface area (Å²) in [6.07, 6.45) is -3.42. The molecule has 1 amide bonds. The predicted molar refractivity (Wildman–Crippen MR) is 275 cm³/mol. The van der Waals surface area contributed by atoms with Gasteiger partial charge in [0.2, 0.25) is 0 Å². The number of ketones is 1. The van der Waals surface area contributed by atoms with Crippen molar-refractivity contribution in [1.82, 2.24) is 5.32 Å². The fourth-order valence-electron chi connectivity index (χ4n) is 6.71. The van der Waals surface area contributed by atoms with Gasteiger partial charge in [0.25, 0.3) is 0 Å². The number of nitrogens with one attached hydrogen (secondary N) is 1. The normalized spacial score (nSPS) is 16.0. The molecule has 0 aromatic heterocycles. The van der Waals surface area contributed by atoms with Crippen LogP contribution >= 0.6 is 0 Å². The van der Waals surface area contributed by atoms with Crippen molar-refractivity contribution in [2.24, 2.45) is 11.8 Å². The average Bonchev–Trinajstić information content (AvgIpc) is 3.23. The number of ether oxygens (including phenoxy) is 4. The Hall–Kier alpha value is -4.19. The number of Topliss-reactive ketones (excluding diaryl/α,β-unsaturated/α-hetero) is 1. The first-order chi connectivity index (χ1) is 31.3. The summed E-state index contributed by atoms with van der Waals surface area (Å²) >= 11 is 0. The van der Waals surface area contributed by atoms with E-state index in [1.54, 1.807) is 48.5 Å². The summed E-state index contributed by atoms with van der Waals surface area (Å²) in [7, 11) is -3.14. The molecule has 380 valence electrons. The van der Waals surface area contributed by atoms with Gasteiger partial charge in [0.1, 0.15) is 24.1 Å². The molecule has 0 saturated heterocycles. The summed E-state index contributed by atoms with van der Waals surface area (Å²) < 4.78 is 35.6. The molecule has 0 aliphatic heterocycles. The number of aliphatic hydroxyl groups is 1. The number of aliphatic hydroxyl groups excluding tert-OH is 1. The molecule has 3 rings (SSSR count). The van der Waals surface area contributed by atoms with E-state index in [1.165, 1.54) is 7.11 Å². The molecule has 8 atom stereocenters. The van der Waals surface area contributed by atoms with E-state index in [9.17, 15) is 24.3 Å². The van der Waals surface area contributed by atoms with Gasteiger partial charge < -0.3 is 38.2 Å². The maximum atomic E-state index is 13.4. The van der Waals surface area contributed by atoms with Crippen LogP contribution in [0.1, 0.15) is 107 Å². The molecule has 0 aliphatic rings. The summed E-state index contributed by atoms with van der Waals surface area (Å²) in [5, 5.41) is 13.0. The van der Waals surface area contributed by atoms with E-state index in [0.717, 1.165) is 16.7 Å². The number of methoxy groups -OCH3 is 1. The van der Waals surface area contributed by atoms with E-state index in [-0.39, 0.29) is 28.4 Å². The third-order valence-electron chi connectivity index (χ3n) is 12.9. The van der Waals surface area contributed by atoms with E-state index in [0.29, 0.717) is 12.8 Å². The Morgan fingerprint density at radius 3 is 1.40 bits per heavy atom. The molecule has 0 bridgehead atoms. The number of alkyl carbamates (subject to hydrolysis) is 1. The van der Waals surface area contributed by atoms with Gasteiger partial charge in [0, 0.05) is 13.0 Å². The van der Waals surface area contributed by atoms with Gasteiger partial charge in [-0.3, -0.25) is 9.59 Å². The largest absolute Gasteiger partial charge is 0.461 e. The van der Waals surface area contributed by atoms with Crippen LogP contribution in [0, 0.1) is 11.8 Å². The molecule has 68 heavy (non-hydrogen) atoms. The highest BCUT2D eigenvalue weighted by Crippen LogP contribution is 2.40. The van der Waals surface area contributed by atoms with Gasteiger partial charge in [-0.05, 0) is 114 Å². The Kier molecular flexibility index (Phi) is 23.0. The van der Waals surface area contributed by atoms with Crippen molar-refractivity contribution in [2.45, 2.75) is 188 Å². The second-order valence-electron chi connectivity index (χ2n) is 21.9. The lowest BCUT2D eigenvalue weighted by molar-refractivity contribution is -0.162. The smallest absolute Gasteiger partial charge is 0.408 e. The van der Waals surface area contributed by atoms with Crippen molar-refractivity contribution >= 4 is 40.4 Å². The minimum Gasteiger partial charge on any atom is -0.461 e. The molecule has 0 spiro atoms. The van der Waals surface area contributed by atoms with Crippen molar-refractivity contribution in [3.05, 3.63) is 108 Å². The van der Waals surface area contributed by atoms with Crippen LogP contribution in [-0.2, 0) is 61.6 Å².